The first-order valence-corrected chi connectivity index (χ1v) is 9.94. The molecule has 1 aliphatic heterocycles. The Bertz CT molecular complexity index is 1220. The zero-order valence-corrected chi connectivity index (χ0v) is 16.6. The minimum atomic E-state index is -0.807. The molecule has 1 aromatic heterocycles. The molecule has 2 heterocycles. The van der Waals surface area contributed by atoms with Crippen LogP contribution in [0.1, 0.15) is 23.2 Å². The van der Waals surface area contributed by atoms with Crippen LogP contribution in [0.3, 0.4) is 0 Å². The highest BCUT2D eigenvalue weighted by Crippen LogP contribution is 2.19. The molecule has 2 aromatic carbocycles. The van der Waals surface area contributed by atoms with E-state index in [1.54, 1.807) is 42.5 Å². The van der Waals surface area contributed by atoms with Crippen LogP contribution in [-0.2, 0) is 16.1 Å². The highest BCUT2D eigenvalue weighted by Gasteiger charge is 2.27. The molecular weight excluding hydrogens is 398 g/mol. The van der Waals surface area contributed by atoms with Crippen LogP contribution in [0.15, 0.2) is 59.7 Å². The lowest BCUT2D eigenvalue weighted by molar-refractivity contribution is -0.121. The summed E-state index contributed by atoms with van der Waals surface area (Å²) in [5.41, 5.74) is 1.29. The van der Waals surface area contributed by atoms with Gasteiger partial charge in [0.2, 0.25) is 11.8 Å². The Balaban J connectivity index is 1.29. The first kappa shape index (κ1) is 20.3. The van der Waals surface area contributed by atoms with E-state index in [0.29, 0.717) is 22.2 Å². The Morgan fingerprint density at radius 2 is 1.84 bits per heavy atom. The normalized spacial score (nSPS) is 15.5. The van der Waals surface area contributed by atoms with Gasteiger partial charge in [0, 0.05) is 19.5 Å². The van der Waals surface area contributed by atoms with E-state index in [1.165, 1.54) is 10.9 Å². The topological polar surface area (TPSA) is 122 Å². The molecule has 9 nitrogen and oxygen atoms in total. The minimum Gasteiger partial charge on any atom is -0.354 e. The van der Waals surface area contributed by atoms with Crippen molar-refractivity contribution in [3.63, 3.8) is 0 Å². The number of anilines is 1. The van der Waals surface area contributed by atoms with Crippen molar-refractivity contribution in [1.82, 2.24) is 20.2 Å². The summed E-state index contributed by atoms with van der Waals surface area (Å²) in [5.74, 6) is -0.993. The van der Waals surface area contributed by atoms with Crippen LogP contribution in [0, 0.1) is 0 Å². The molecule has 31 heavy (non-hydrogen) atoms. The van der Waals surface area contributed by atoms with Crippen LogP contribution in [0.25, 0.3) is 10.9 Å². The summed E-state index contributed by atoms with van der Waals surface area (Å²) in [6, 6.07) is 13.0. The monoisotopic (exact) mass is 419 g/mol. The summed E-state index contributed by atoms with van der Waals surface area (Å²) in [6.07, 6.45) is 1.67. The number of carbonyl (C=O) groups excluding carboxylic acids is 3. The fourth-order valence-electron chi connectivity index (χ4n) is 3.46. The van der Waals surface area contributed by atoms with Crippen LogP contribution >= 0.6 is 0 Å². The lowest BCUT2D eigenvalue weighted by Crippen LogP contribution is -2.42. The Labute approximate surface area is 177 Å². The largest absolute Gasteiger partial charge is 0.354 e. The standard InChI is InChI=1S/C22H21N5O4/c28-19(23-11-12-27-13-24-16-7-3-2-6-15(16)22(27)31)10-9-18-21(30)25-17-8-4-1-5-14(17)20(29)26-18/h1-8,13,18H,9-12H2,(H,23,28)(H,25,30)(H,26,29)/t18-/m1/s1. The number of aromatic nitrogens is 2. The first-order valence-electron chi connectivity index (χ1n) is 9.94. The van der Waals surface area contributed by atoms with Gasteiger partial charge < -0.3 is 16.0 Å². The Kier molecular flexibility index (Phi) is 5.74. The van der Waals surface area contributed by atoms with E-state index in [0.717, 1.165) is 0 Å². The number of amides is 3. The number of hydrogen-bond donors (Lipinski definition) is 3. The van der Waals surface area contributed by atoms with Crippen molar-refractivity contribution >= 4 is 34.3 Å². The van der Waals surface area contributed by atoms with Crippen molar-refractivity contribution in [2.45, 2.75) is 25.4 Å². The van der Waals surface area contributed by atoms with E-state index < -0.39 is 6.04 Å². The second kappa shape index (κ2) is 8.78. The van der Waals surface area contributed by atoms with Crippen LogP contribution in [-0.4, -0.2) is 39.9 Å². The average Bonchev–Trinajstić information content (AvgIpc) is 2.90. The number of rotatable bonds is 6. The molecule has 1 aliphatic rings. The summed E-state index contributed by atoms with van der Waals surface area (Å²) in [7, 11) is 0. The number of nitrogens with zero attached hydrogens (tertiary/aromatic N) is 2. The fraction of sp³-hybridized carbons (Fsp3) is 0.227. The van der Waals surface area contributed by atoms with Crippen LogP contribution in [0.2, 0.25) is 0 Å². The van der Waals surface area contributed by atoms with Gasteiger partial charge in [-0.2, -0.15) is 0 Å². The zero-order valence-electron chi connectivity index (χ0n) is 16.6. The van der Waals surface area contributed by atoms with Crippen molar-refractivity contribution in [2.24, 2.45) is 0 Å². The maximum absolute atomic E-state index is 12.5. The van der Waals surface area contributed by atoms with E-state index in [1.807, 2.05) is 6.07 Å². The number of para-hydroxylation sites is 2. The maximum Gasteiger partial charge on any atom is 0.261 e. The Morgan fingerprint density at radius 3 is 2.71 bits per heavy atom. The third-order valence-electron chi connectivity index (χ3n) is 5.12. The Morgan fingerprint density at radius 1 is 1.06 bits per heavy atom. The van der Waals surface area contributed by atoms with Crippen molar-refractivity contribution in [2.75, 3.05) is 11.9 Å². The predicted molar refractivity (Wildman–Crippen MR) is 115 cm³/mol. The molecule has 3 amide bonds. The van der Waals surface area contributed by atoms with Gasteiger partial charge in [0.25, 0.3) is 11.5 Å². The number of carbonyl (C=O) groups is 3. The average molecular weight is 419 g/mol. The molecule has 0 radical (unpaired) electrons. The quantitative estimate of drug-likeness (QED) is 0.551. The second-order valence-corrected chi connectivity index (χ2v) is 7.21. The van der Waals surface area contributed by atoms with Gasteiger partial charge in [-0.15, -0.1) is 0 Å². The van der Waals surface area contributed by atoms with Gasteiger partial charge in [-0.1, -0.05) is 24.3 Å². The molecule has 0 saturated heterocycles. The molecule has 3 aromatic rings. The van der Waals surface area contributed by atoms with E-state index in [-0.39, 0.29) is 49.2 Å². The molecule has 0 unspecified atom stereocenters. The molecule has 4 rings (SSSR count). The van der Waals surface area contributed by atoms with Gasteiger partial charge in [0.05, 0.1) is 28.5 Å². The minimum absolute atomic E-state index is 0.0551. The van der Waals surface area contributed by atoms with Crippen molar-refractivity contribution in [1.29, 1.82) is 0 Å². The summed E-state index contributed by atoms with van der Waals surface area (Å²) in [6.45, 7) is 0.520. The molecule has 9 heteroatoms. The molecule has 0 bridgehead atoms. The van der Waals surface area contributed by atoms with Gasteiger partial charge >= 0.3 is 0 Å². The number of fused-ring (bicyclic) bond motifs is 2. The molecule has 158 valence electrons. The van der Waals surface area contributed by atoms with E-state index >= 15 is 0 Å². The highest BCUT2D eigenvalue weighted by atomic mass is 16.2. The summed E-state index contributed by atoms with van der Waals surface area (Å²) in [5, 5.41) is 8.63. The van der Waals surface area contributed by atoms with Crippen LogP contribution in [0.4, 0.5) is 5.69 Å². The van der Waals surface area contributed by atoms with E-state index in [9.17, 15) is 19.2 Å². The fourth-order valence-corrected chi connectivity index (χ4v) is 3.46. The maximum atomic E-state index is 12.5. The summed E-state index contributed by atoms with van der Waals surface area (Å²) in [4.78, 5) is 53.6. The van der Waals surface area contributed by atoms with Gasteiger partial charge in [0.1, 0.15) is 6.04 Å². The van der Waals surface area contributed by atoms with Crippen molar-refractivity contribution in [3.8, 4) is 0 Å². The lowest BCUT2D eigenvalue weighted by Gasteiger charge is -2.14. The van der Waals surface area contributed by atoms with Crippen molar-refractivity contribution < 1.29 is 14.4 Å². The third kappa shape index (κ3) is 4.45. The van der Waals surface area contributed by atoms with E-state index in [4.69, 9.17) is 0 Å². The Hall–Kier alpha value is -4.01. The van der Waals surface area contributed by atoms with Gasteiger partial charge in [0.15, 0.2) is 0 Å². The summed E-state index contributed by atoms with van der Waals surface area (Å²) < 4.78 is 1.44. The number of hydrogen-bond acceptors (Lipinski definition) is 5. The molecule has 0 saturated carbocycles. The molecule has 0 aliphatic carbocycles. The van der Waals surface area contributed by atoms with Gasteiger partial charge in [-0.05, 0) is 30.7 Å². The van der Waals surface area contributed by atoms with Gasteiger partial charge in [-0.3, -0.25) is 23.7 Å². The van der Waals surface area contributed by atoms with Crippen LogP contribution < -0.4 is 21.5 Å². The van der Waals surface area contributed by atoms with E-state index in [2.05, 4.69) is 20.9 Å². The zero-order chi connectivity index (χ0) is 21.8. The SMILES string of the molecule is O=C(CC[C@H]1NC(=O)c2ccccc2NC1=O)NCCn1cnc2ccccc2c1=O. The number of benzene rings is 2. The lowest BCUT2D eigenvalue weighted by atomic mass is 10.1. The molecule has 3 N–H and O–H groups in total. The molecule has 0 fully saturated rings. The first-order chi connectivity index (χ1) is 15.0. The molecular formula is C22H21N5O4. The van der Waals surface area contributed by atoms with Crippen molar-refractivity contribution in [3.05, 3.63) is 70.8 Å². The number of nitrogens with one attached hydrogen (secondary N) is 3. The predicted octanol–water partition coefficient (Wildman–Crippen LogP) is 1.04. The molecule has 0 spiro atoms. The third-order valence-corrected chi connectivity index (χ3v) is 5.12. The molecule has 1 atom stereocenters. The summed E-state index contributed by atoms with van der Waals surface area (Å²) >= 11 is 0. The smallest absolute Gasteiger partial charge is 0.261 e. The highest BCUT2D eigenvalue weighted by molar-refractivity contribution is 6.09. The second-order valence-electron chi connectivity index (χ2n) is 7.21. The van der Waals surface area contributed by atoms with Gasteiger partial charge in [-0.25, -0.2) is 4.98 Å². The van der Waals surface area contributed by atoms with Crippen LogP contribution in [0.5, 0.6) is 0 Å².